The van der Waals surface area contributed by atoms with Gasteiger partial charge >= 0.3 is 6.09 Å². The summed E-state index contributed by atoms with van der Waals surface area (Å²) in [6, 6.07) is 3.77. The Morgan fingerprint density at radius 3 is 2.73 bits per heavy atom. The summed E-state index contributed by atoms with van der Waals surface area (Å²) in [5.41, 5.74) is 1.08. The lowest BCUT2D eigenvalue weighted by Gasteiger charge is -2.19. The standard InChI is InChI=1S/C15H15BrN4O2/c1-15(2,3)22-14(21)20-12-5-9-10-4-8(16)6-18-13(10)19-11(9)7-17-12/h4-7H,1-3H3,(H,18,19)(H,17,20,21). The lowest BCUT2D eigenvalue weighted by atomic mass is 10.2. The number of amides is 1. The van der Waals surface area contributed by atoms with E-state index in [1.807, 2.05) is 26.8 Å². The molecule has 1 amide bonds. The minimum Gasteiger partial charge on any atom is -0.444 e. The zero-order valence-electron chi connectivity index (χ0n) is 12.4. The summed E-state index contributed by atoms with van der Waals surface area (Å²) in [5, 5.41) is 4.53. The molecule has 0 aliphatic heterocycles. The minimum atomic E-state index is -0.552. The lowest BCUT2D eigenvalue weighted by molar-refractivity contribution is 0.0635. The van der Waals surface area contributed by atoms with Gasteiger partial charge in [0.05, 0.1) is 11.7 Å². The van der Waals surface area contributed by atoms with Crippen molar-refractivity contribution >= 4 is 49.8 Å². The predicted molar refractivity (Wildman–Crippen MR) is 89.0 cm³/mol. The Morgan fingerprint density at radius 2 is 2.00 bits per heavy atom. The summed E-state index contributed by atoms with van der Waals surface area (Å²) < 4.78 is 6.11. The first-order valence-corrected chi connectivity index (χ1v) is 7.54. The van der Waals surface area contributed by atoms with Crippen molar-refractivity contribution < 1.29 is 9.53 Å². The summed E-state index contributed by atoms with van der Waals surface area (Å²) in [5.74, 6) is 0.433. The molecule has 3 aromatic rings. The Morgan fingerprint density at radius 1 is 1.23 bits per heavy atom. The fourth-order valence-corrected chi connectivity index (χ4v) is 2.46. The van der Waals surface area contributed by atoms with Crippen LogP contribution in [0.2, 0.25) is 0 Å². The molecule has 0 aromatic carbocycles. The van der Waals surface area contributed by atoms with Gasteiger partial charge in [-0.05, 0) is 48.8 Å². The highest BCUT2D eigenvalue weighted by atomic mass is 79.9. The number of pyridine rings is 2. The Kier molecular flexibility index (Phi) is 3.52. The number of fused-ring (bicyclic) bond motifs is 3. The van der Waals surface area contributed by atoms with Gasteiger partial charge in [-0.1, -0.05) is 0 Å². The van der Waals surface area contributed by atoms with Crippen molar-refractivity contribution in [2.45, 2.75) is 26.4 Å². The number of rotatable bonds is 1. The highest BCUT2D eigenvalue weighted by Gasteiger charge is 2.17. The maximum absolute atomic E-state index is 11.8. The maximum atomic E-state index is 11.8. The van der Waals surface area contributed by atoms with E-state index < -0.39 is 11.7 Å². The molecular weight excluding hydrogens is 348 g/mol. The Hall–Kier alpha value is -2.15. The van der Waals surface area contributed by atoms with Crippen LogP contribution in [0.25, 0.3) is 21.9 Å². The number of halogens is 1. The number of hydrogen-bond acceptors (Lipinski definition) is 4. The van der Waals surface area contributed by atoms with Gasteiger partial charge in [0.2, 0.25) is 0 Å². The quantitative estimate of drug-likeness (QED) is 0.678. The van der Waals surface area contributed by atoms with Crippen LogP contribution in [-0.4, -0.2) is 26.6 Å². The van der Waals surface area contributed by atoms with E-state index in [9.17, 15) is 4.79 Å². The van der Waals surface area contributed by atoms with Crippen molar-refractivity contribution in [3.8, 4) is 0 Å². The molecule has 3 aromatic heterocycles. The molecule has 0 atom stereocenters. The van der Waals surface area contributed by atoms with Gasteiger partial charge in [-0.3, -0.25) is 5.32 Å². The van der Waals surface area contributed by atoms with Crippen LogP contribution in [0.3, 0.4) is 0 Å². The number of aromatic amines is 1. The molecule has 0 spiro atoms. The van der Waals surface area contributed by atoms with E-state index in [1.54, 1.807) is 18.5 Å². The van der Waals surface area contributed by atoms with Crippen LogP contribution >= 0.6 is 15.9 Å². The monoisotopic (exact) mass is 362 g/mol. The van der Waals surface area contributed by atoms with Crippen LogP contribution in [-0.2, 0) is 4.74 Å². The van der Waals surface area contributed by atoms with Gasteiger partial charge in [-0.15, -0.1) is 0 Å². The SMILES string of the molecule is CC(C)(C)OC(=O)Nc1cc2c(cn1)[nH]c1ncc(Br)cc12. The van der Waals surface area contributed by atoms with E-state index in [4.69, 9.17) is 4.74 Å². The molecule has 3 heterocycles. The molecule has 114 valence electrons. The summed E-state index contributed by atoms with van der Waals surface area (Å²) in [7, 11) is 0. The average molecular weight is 363 g/mol. The molecule has 2 N–H and O–H groups in total. The van der Waals surface area contributed by atoms with Crippen LogP contribution in [0.5, 0.6) is 0 Å². The first kappa shape index (κ1) is 14.8. The lowest BCUT2D eigenvalue weighted by Crippen LogP contribution is -2.27. The Bertz CT molecular complexity index is 867. The van der Waals surface area contributed by atoms with Crippen LogP contribution in [0.1, 0.15) is 20.8 Å². The van der Waals surface area contributed by atoms with Crippen molar-refractivity contribution in [2.75, 3.05) is 5.32 Å². The summed E-state index contributed by atoms with van der Waals surface area (Å²) in [6.45, 7) is 5.43. The average Bonchev–Trinajstić information content (AvgIpc) is 2.74. The zero-order chi connectivity index (χ0) is 15.9. The van der Waals surface area contributed by atoms with Gasteiger partial charge in [0.15, 0.2) is 0 Å². The maximum Gasteiger partial charge on any atom is 0.413 e. The third-order valence-corrected chi connectivity index (χ3v) is 3.36. The molecule has 22 heavy (non-hydrogen) atoms. The van der Waals surface area contributed by atoms with Crippen molar-refractivity contribution in [1.29, 1.82) is 0 Å². The second-order valence-electron chi connectivity index (χ2n) is 5.92. The molecule has 3 rings (SSSR count). The van der Waals surface area contributed by atoms with Gasteiger partial charge in [-0.25, -0.2) is 14.8 Å². The van der Waals surface area contributed by atoms with E-state index in [-0.39, 0.29) is 0 Å². The third-order valence-electron chi connectivity index (χ3n) is 2.93. The van der Waals surface area contributed by atoms with Crippen LogP contribution in [0, 0.1) is 0 Å². The second-order valence-corrected chi connectivity index (χ2v) is 6.83. The highest BCUT2D eigenvalue weighted by molar-refractivity contribution is 9.10. The Balaban J connectivity index is 1.97. The van der Waals surface area contributed by atoms with E-state index in [2.05, 4.69) is 36.2 Å². The first-order chi connectivity index (χ1) is 10.3. The van der Waals surface area contributed by atoms with E-state index in [0.29, 0.717) is 5.82 Å². The van der Waals surface area contributed by atoms with Gasteiger partial charge in [-0.2, -0.15) is 0 Å². The topological polar surface area (TPSA) is 79.9 Å². The number of H-pyrrole nitrogens is 1. The van der Waals surface area contributed by atoms with Crippen LogP contribution < -0.4 is 5.32 Å². The molecule has 0 bridgehead atoms. The highest BCUT2D eigenvalue weighted by Crippen LogP contribution is 2.27. The van der Waals surface area contributed by atoms with E-state index in [1.165, 1.54) is 0 Å². The molecule has 0 fully saturated rings. The van der Waals surface area contributed by atoms with Crippen LogP contribution in [0.4, 0.5) is 10.6 Å². The molecule has 0 unspecified atom stereocenters. The molecule has 0 saturated heterocycles. The van der Waals surface area contributed by atoms with Crippen molar-refractivity contribution in [1.82, 2.24) is 15.0 Å². The summed E-state index contributed by atoms with van der Waals surface area (Å²) in [6.07, 6.45) is 2.86. The number of anilines is 1. The number of carbonyl (C=O) groups excluding carboxylic acids is 1. The molecule has 0 radical (unpaired) electrons. The number of aromatic nitrogens is 3. The summed E-state index contributed by atoms with van der Waals surface area (Å²) >= 11 is 3.41. The van der Waals surface area contributed by atoms with Gasteiger partial charge < -0.3 is 9.72 Å². The number of carbonyl (C=O) groups is 1. The van der Waals surface area contributed by atoms with Crippen LogP contribution in [0.15, 0.2) is 29.0 Å². The van der Waals surface area contributed by atoms with Crippen molar-refractivity contribution in [3.05, 3.63) is 29.0 Å². The van der Waals surface area contributed by atoms with Gasteiger partial charge in [0.25, 0.3) is 0 Å². The zero-order valence-corrected chi connectivity index (χ0v) is 14.0. The number of ether oxygens (including phenoxy) is 1. The molecule has 0 aliphatic carbocycles. The molecule has 0 aliphatic rings. The normalized spacial score (nSPS) is 11.8. The molecule has 7 heteroatoms. The number of hydrogen-bond donors (Lipinski definition) is 2. The number of nitrogens with zero attached hydrogens (tertiary/aromatic N) is 2. The third kappa shape index (κ3) is 3.04. The fraction of sp³-hybridized carbons (Fsp3) is 0.267. The van der Waals surface area contributed by atoms with Gasteiger partial charge in [0, 0.05) is 21.4 Å². The molecular formula is C15H15BrN4O2. The van der Waals surface area contributed by atoms with E-state index in [0.717, 1.165) is 26.4 Å². The van der Waals surface area contributed by atoms with Crippen molar-refractivity contribution in [3.63, 3.8) is 0 Å². The minimum absolute atomic E-state index is 0.433. The smallest absolute Gasteiger partial charge is 0.413 e. The Labute approximate surface area is 135 Å². The largest absolute Gasteiger partial charge is 0.444 e. The fourth-order valence-electron chi connectivity index (χ4n) is 2.13. The van der Waals surface area contributed by atoms with Crippen molar-refractivity contribution in [2.24, 2.45) is 0 Å². The van der Waals surface area contributed by atoms with Gasteiger partial charge in [0.1, 0.15) is 17.1 Å². The first-order valence-electron chi connectivity index (χ1n) is 6.75. The number of nitrogens with one attached hydrogen (secondary N) is 2. The molecule has 0 saturated carbocycles. The summed E-state index contributed by atoms with van der Waals surface area (Å²) in [4.78, 5) is 23.5. The van der Waals surface area contributed by atoms with E-state index >= 15 is 0 Å². The predicted octanol–water partition coefficient (Wildman–Crippen LogP) is 4.22. The second kappa shape index (κ2) is 5.24. The molecule has 6 nitrogen and oxygen atoms in total.